The van der Waals surface area contributed by atoms with E-state index in [9.17, 15) is 4.79 Å². The van der Waals surface area contributed by atoms with Crippen LogP contribution in [0, 0.1) is 11.3 Å². The number of esters is 1. The fourth-order valence-corrected chi connectivity index (χ4v) is 5.53. The van der Waals surface area contributed by atoms with Crippen LogP contribution in [0.5, 0.6) is 0 Å². The Hall–Kier alpha value is -1.57. The molecule has 1 aromatic rings. The second kappa shape index (κ2) is 6.87. The van der Waals surface area contributed by atoms with Gasteiger partial charge in [-0.05, 0) is 66.5 Å². The molecular weight excluding hydrogens is 320 g/mol. The molecule has 0 amide bonds. The molecule has 3 atom stereocenters. The first-order chi connectivity index (χ1) is 12.2. The molecule has 1 aromatic carbocycles. The highest BCUT2D eigenvalue weighted by Gasteiger charge is 2.52. The molecule has 0 N–H and O–H groups in total. The maximum Gasteiger partial charge on any atom is 0.333 e. The van der Waals surface area contributed by atoms with Crippen LogP contribution in [0.1, 0.15) is 82.9 Å². The highest BCUT2D eigenvalue weighted by atomic mass is 16.5. The van der Waals surface area contributed by atoms with Crippen LogP contribution in [0.15, 0.2) is 30.4 Å². The molecule has 2 heteroatoms. The Morgan fingerprint density at radius 3 is 2.69 bits per heavy atom. The molecule has 3 rings (SSSR count). The number of carbonyl (C=O) groups excluding carboxylic acids is 1. The topological polar surface area (TPSA) is 26.3 Å². The summed E-state index contributed by atoms with van der Waals surface area (Å²) >= 11 is 0. The van der Waals surface area contributed by atoms with Crippen molar-refractivity contribution in [2.75, 3.05) is 6.61 Å². The minimum atomic E-state index is -0.253. The first-order valence-electron chi connectivity index (χ1n) is 10.1. The molecule has 0 aliphatic heterocycles. The molecule has 0 spiro atoms. The Morgan fingerprint density at radius 1 is 1.31 bits per heavy atom. The molecule has 1 saturated carbocycles. The Kier molecular flexibility index (Phi) is 5.07. The summed E-state index contributed by atoms with van der Waals surface area (Å²) in [6.45, 7) is 15.3. The fourth-order valence-electron chi connectivity index (χ4n) is 5.53. The highest BCUT2D eigenvalue weighted by Crippen LogP contribution is 2.57. The summed E-state index contributed by atoms with van der Waals surface area (Å²) in [5.74, 6) is 0.874. The number of benzene rings is 1. The van der Waals surface area contributed by atoms with Gasteiger partial charge in [0.2, 0.25) is 0 Å². The van der Waals surface area contributed by atoms with Crippen molar-refractivity contribution in [3.05, 3.63) is 47.0 Å². The van der Waals surface area contributed by atoms with E-state index in [1.165, 1.54) is 36.0 Å². The van der Waals surface area contributed by atoms with E-state index < -0.39 is 0 Å². The maximum absolute atomic E-state index is 11.9. The lowest BCUT2D eigenvalue weighted by Crippen LogP contribution is -2.51. The monoisotopic (exact) mass is 354 g/mol. The van der Waals surface area contributed by atoms with Crippen LogP contribution < -0.4 is 0 Å². The Bertz CT molecular complexity index is 717. The molecule has 26 heavy (non-hydrogen) atoms. The third-order valence-corrected chi connectivity index (χ3v) is 7.05. The van der Waals surface area contributed by atoms with Crippen LogP contribution >= 0.6 is 0 Å². The van der Waals surface area contributed by atoms with Gasteiger partial charge in [-0.1, -0.05) is 58.9 Å². The molecule has 3 unspecified atom stereocenters. The standard InChI is InChI=1S/C24H34O2/c1-16(2)18-8-10-20-19(14-18)9-11-21-23(5,12-7-13-24(20,21)6)15-26-22(25)17(3)4/h8,10,14,16,21H,3,7,9,11-13,15H2,1-2,4-6H3. The van der Waals surface area contributed by atoms with Gasteiger partial charge in [0.05, 0.1) is 6.61 Å². The zero-order valence-corrected chi connectivity index (χ0v) is 17.2. The SMILES string of the molecule is C=C(C)C(=O)OCC1(C)CCCC2(C)c3ccc(C(C)C)cc3CCC12. The predicted molar refractivity (Wildman–Crippen MR) is 107 cm³/mol. The molecule has 0 heterocycles. The lowest BCUT2D eigenvalue weighted by molar-refractivity contribution is -0.146. The van der Waals surface area contributed by atoms with Crippen molar-refractivity contribution in [2.45, 2.75) is 78.1 Å². The van der Waals surface area contributed by atoms with Crippen molar-refractivity contribution >= 4 is 5.97 Å². The summed E-state index contributed by atoms with van der Waals surface area (Å²) < 4.78 is 5.64. The molecule has 2 nitrogen and oxygen atoms in total. The summed E-state index contributed by atoms with van der Waals surface area (Å²) in [6.07, 6.45) is 5.89. The number of fused-ring (bicyclic) bond motifs is 3. The lowest BCUT2D eigenvalue weighted by atomic mass is 9.50. The van der Waals surface area contributed by atoms with E-state index >= 15 is 0 Å². The molecule has 0 bridgehead atoms. The minimum Gasteiger partial charge on any atom is -0.462 e. The molecule has 0 saturated heterocycles. The summed E-state index contributed by atoms with van der Waals surface area (Å²) in [5, 5.41) is 0. The van der Waals surface area contributed by atoms with Crippen molar-refractivity contribution in [2.24, 2.45) is 11.3 Å². The summed E-state index contributed by atoms with van der Waals surface area (Å²) in [6, 6.07) is 7.15. The second-order valence-corrected chi connectivity index (χ2v) is 9.44. The number of hydrogen-bond acceptors (Lipinski definition) is 2. The smallest absolute Gasteiger partial charge is 0.333 e. The molecular formula is C24H34O2. The van der Waals surface area contributed by atoms with Gasteiger partial charge >= 0.3 is 5.97 Å². The molecule has 2 aliphatic carbocycles. The summed E-state index contributed by atoms with van der Waals surface area (Å²) in [5.41, 5.74) is 5.24. The van der Waals surface area contributed by atoms with Gasteiger partial charge in [0.25, 0.3) is 0 Å². The molecule has 1 fully saturated rings. The van der Waals surface area contributed by atoms with Crippen molar-refractivity contribution in [1.82, 2.24) is 0 Å². The van der Waals surface area contributed by atoms with Gasteiger partial charge < -0.3 is 4.74 Å². The Balaban J connectivity index is 1.90. The summed E-state index contributed by atoms with van der Waals surface area (Å²) in [7, 11) is 0. The van der Waals surface area contributed by atoms with Crippen LogP contribution in [0.3, 0.4) is 0 Å². The van der Waals surface area contributed by atoms with Crippen molar-refractivity contribution in [3.63, 3.8) is 0 Å². The molecule has 2 aliphatic rings. The van der Waals surface area contributed by atoms with E-state index in [1.807, 2.05) is 0 Å². The second-order valence-electron chi connectivity index (χ2n) is 9.44. The van der Waals surface area contributed by atoms with E-state index in [2.05, 4.69) is 52.5 Å². The van der Waals surface area contributed by atoms with Gasteiger partial charge in [-0.2, -0.15) is 0 Å². The van der Waals surface area contributed by atoms with E-state index in [0.717, 1.165) is 12.8 Å². The first kappa shape index (κ1) is 19.2. The largest absolute Gasteiger partial charge is 0.462 e. The van der Waals surface area contributed by atoms with Crippen molar-refractivity contribution in [1.29, 1.82) is 0 Å². The maximum atomic E-state index is 11.9. The molecule has 0 aromatic heterocycles. The van der Waals surface area contributed by atoms with Gasteiger partial charge in [-0.3, -0.25) is 0 Å². The third-order valence-electron chi connectivity index (χ3n) is 7.05. The zero-order valence-electron chi connectivity index (χ0n) is 17.2. The number of hydrogen-bond donors (Lipinski definition) is 0. The van der Waals surface area contributed by atoms with Crippen molar-refractivity contribution < 1.29 is 9.53 Å². The van der Waals surface area contributed by atoms with Crippen LogP contribution in [0.4, 0.5) is 0 Å². The van der Waals surface area contributed by atoms with Gasteiger partial charge in [-0.15, -0.1) is 0 Å². The van der Waals surface area contributed by atoms with Gasteiger partial charge in [0, 0.05) is 11.0 Å². The quantitative estimate of drug-likeness (QED) is 0.494. The van der Waals surface area contributed by atoms with E-state index in [1.54, 1.807) is 6.92 Å². The van der Waals surface area contributed by atoms with Crippen LogP contribution in [-0.2, 0) is 21.4 Å². The minimum absolute atomic E-state index is 0.0481. The normalized spacial score (nSPS) is 30.5. The molecule has 142 valence electrons. The third kappa shape index (κ3) is 3.23. The average Bonchev–Trinajstić information content (AvgIpc) is 2.59. The number of aryl methyl sites for hydroxylation is 1. The number of ether oxygens (including phenoxy) is 1. The predicted octanol–water partition coefficient (Wildman–Crippen LogP) is 5.94. The van der Waals surface area contributed by atoms with Gasteiger partial charge in [-0.25, -0.2) is 4.79 Å². The molecule has 0 radical (unpaired) electrons. The number of carbonyl (C=O) groups is 1. The van der Waals surface area contributed by atoms with Gasteiger partial charge in [0.15, 0.2) is 0 Å². The van der Waals surface area contributed by atoms with Crippen LogP contribution in [0.2, 0.25) is 0 Å². The van der Waals surface area contributed by atoms with E-state index in [0.29, 0.717) is 24.0 Å². The zero-order chi connectivity index (χ0) is 19.1. The Labute approximate surface area is 159 Å². The Morgan fingerprint density at radius 2 is 2.04 bits per heavy atom. The fraction of sp³-hybridized carbons (Fsp3) is 0.625. The lowest BCUT2D eigenvalue weighted by Gasteiger charge is -2.55. The highest BCUT2D eigenvalue weighted by molar-refractivity contribution is 5.86. The van der Waals surface area contributed by atoms with Crippen molar-refractivity contribution in [3.8, 4) is 0 Å². The van der Waals surface area contributed by atoms with E-state index in [-0.39, 0.29) is 16.8 Å². The van der Waals surface area contributed by atoms with Crippen LogP contribution in [-0.4, -0.2) is 12.6 Å². The van der Waals surface area contributed by atoms with E-state index in [4.69, 9.17) is 4.74 Å². The summed E-state index contributed by atoms with van der Waals surface area (Å²) in [4.78, 5) is 11.9. The number of rotatable bonds is 4. The van der Waals surface area contributed by atoms with Gasteiger partial charge in [0.1, 0.15) is 0 Å². The van der Waals surface area contributed by atoms with Crippen LogP contribution in [0.25, 0.3) is 0 Å². The first-order valence-corrected chi connectivity index (χ1v) is 10.1. The average molecular weight is 355 g/mol.